The molecule has 9 atom stereocenters. The standard InChI is InChI=1S/C27H52N8O13Si2/c1-49(8-4-6-34-12-16(30-32-34)10-28-26(46)24(44)22(42)20(40)18(38)14-36)48-50(2,3)9-5-7-35-13-17(31-33-35)11-29-27(47)25(45)23(43)21(41)19(39)15-37/h12-13,18-25,36-45,49H,4-11,14-15H2,1-3H3,(H,28,46)(H,29,47). The largest absolute Gasteiger partial charge is 0.458 e. The number of nitrogens with one attached hydrogen (secondary N) is 2. The van der Waals surface area contributed by atoms with E-state index in [0.29, 0.717) is 24.5 Å². The van der Waals surface area contributed by atoms with Crippen molar-refractivity contribution in [3.8, 4) is 0 Å². The van der Waals surface area contributed by atoms with Crippen LogP contribution in [0.25, 0.3) is 0 Å². The zero-order valence-corrected chi connectivity index (χ0v) is 30.5. The average molecular weight is 753 g/mol. The summed E-state index contributed by atoms with van der Waals surface area (Å²) in [6, 6.07) is 1.76. The van der Waals surface area contributed by atoms with Gasteiger partial charge in [-0.3, -0.25) is 19.0 Å². The lowest BCUT2D eigenvalue weighted by Gasteiger charge is -2.27. The Balaban J connectivity index is 1.68. The van der Waals surface area contributed by atoms with Crippen molar-refractivity contribution in [1.29, 1.82) is 0 Å². The molecule has 0 aliphatic carbocycles. The fraction of sp³-hybridized carbons (Fsp3) is 0.778. The van der Waals surface area contributed by atoms with Crippen LogP contribution >= 0.6 is 0 Å². The van der Waals surface area contributed by atoms with Gasteiger partial charge < -0.3 is 65.8 Å². The van der Waals surface area contributed by atoms with Crippen LogP contribution in [-0.2, 0) is 39.9 Å². The number of aromatic nitrogens is 6. The van der Waals surface area contributed by atoms with E-state index in [0.717, 1.165) is 24.9 Å². The lowest BCUT2D eigenvalue weighted by atomic mass is 10.0. The highest BCUT2D eigenvalue weighted by atomic mass is 28.4. The molecule has 0 aliphatic heterocycles. The van der Waals surface area contributed by atoms with Gasteiger partial charge in [-0.25, -0.2) is 0 Å². The fourth-order valence-electron chi connectivity index (χ4n) is 4.85. The highest BCUT2D eigenvalue weighted by Gasteiger charge is 2.35. The molecular weight excluding hydrogens is 701 g/mol. The summed E-state index contributed by atoms with van der Waals surface area (Å²) in [7, 11) is -3.49. The molecule has 0 saturated heterocycles. The van der Waals surface area contributed by atoms with Gasteiger partial charge in [-0.2, -0.15) is 0 Å². The average Bonchev–Trinajstić information content (AvgIpc) is 3.75. The van der Waals surface area contributed by atoms with E-state index < -0.39 is 91.2 Å². The second-order valence-electron chi connectivity index (χ2n) is 12.7. The minimum Gasteiger partial charge on any atom is -0.458 e. The molecule has 0 bridgehead atoms. The second-order valence-corrected chi connectivity index (χ2v) is 19.8. The zero-order chi connectivity index (χ0) is 37.6. The minimum atomic E-state index is -2.04. The Labute approximate surface area is 291 Å². The molecular formula is C27H52N8O13Si2. The first-order valence-electron chi connectivity index (χ1n) is 16.2. The quantitative estimate of drug-likeness (QED) is 0.0444. The molecule has 2 aromatic rings. The summed E-state index contributed by atoms with van der Waals surface area (Å²) in [5.74, 6) is -1.99. The monoisotopic (exact) mass is 752 g/mol. The van der Waals surface area contributed by atoms with Gasteiger partial charge in [0.1, 0.15) is 48.0 Å². The molecule has 12 N–H and O–H groups in total. The van der Waals surface area contributed by atoms with Gasteiger partial charge in [0.2, 0.25) is 0 Å². The van der Waals surface area contributed by atoms with E-state index in [1.54, 1.807) is 21.8 Å². The van der Waals surface area contributed by atoms with Crippen LogP contribution in [0.4, 0.5) is 0 Å². The first-order chi connectivity index (χ1) is 23.5. The number of hydrogen-bond donors (Lipinski definition) is 12. The summed E-state index contributed by atoms with van der Waals surface area (Å²) in [6.07, 6.45) is -10.5. The molecule has 50 heavy (non-hydrogen) atoms. The molecule has 2 rings (SSSR count). The van der Waals surface area contributed by atoms with Crippen molar-refractivity contribution in [1.82, 2.24) is 40.6 Å². The van der Waals surface area contributed by atoms with Gasteiger partial charge in [0, 0.05) is 13.1 Å². The predicted molar refractivity (Wildman–Crippen MR) is 176 cm³/mol. The van der Waals surface area contributed by atoms with Crippen molar-refractivity contribution in [3.63, 3.8) is 0 Å². The maximum Gasteiger partial charge on any atom is 0.251 e. The molecule has 2 amide bonds. The normalized spacial score (nSPS) is 17.6. The van der Waals surface area contributed by atoms with E-state index in [1.165, 1.54) is 0 Å². The third-order valence-corrected chi connectivity index (χ3v) is 14.7. The molecule has 0 radical (unpaired) electrons. The molecule has 0 aromatic carbocycles. The third kappa shape index (κ3) is 14.1. The van der Waals surface area contributed by atoms with Crippen molar-refractivity contribution in [2.24, 2.45) is 0 Å². The number of aliphatic hydroxyl groups is 10. The topological polar surface area (TPSA) is 331 Å². The summed E-state index contributed by atoms with van der Waals surface area (Å²) in [5.41, 5.74) is 0.807. The van der Waals surface area contributed by atoms with Crippen LogP contribution in [0.1, 0.15) is 24.2 Å². The summed E-state index contributed by atoms with van der Waals surface area (Å²) >= 11 is 0. The van der Waals surface area contributed by atoms with Crippen LogP contribution in [-0.4, -0.2) is 172 Å². The van der Waals surface area contributed by atoms with Gasteiger partial charge in [0.25, 0.3) is 11.8 Å². The van der Waals surface area contributed by atoms with E-state index >= 15 is 0 Å². The molecule has 2 aromatic heterocycles. The Bertz CT molecular complexity index is 1310. The van der Waals surface area contributed by atoms with Crippen LogP contribution in [0.15, 0.2) is 12.4 Å². The molecule has 9 unspecified atom stereocenters. The summed E-state index contributed by atoms with van der Waals surface area (Å²) in [4.78, 5) is 24.2. The highest BCUT2D eigenvalue weighted by molar-refractivity contribution is 6.78. The van der Waals surface area contributed by atoms with Crippen LogP contribution in [0.3, 0.4) is 0 Å². The first kappa shape index (κ1) is 43.4. The number of hydrogen-bond acceptors (Lipinski definition) is 17. The van der Waals surface area contributed by atoms with E-state index in [1.807, 2.05) is 0 Å². The van der Waals surface area contributed by atoms with E-state index in [-0.39, 0.29) is 13.1 Å². The molecule has 0 aliphatic rings. The Morgan fingerprint density at radius 2 is 1.18 bits per heavy atom. The van der Waals surface area contributed by atoms with Gasteiger partial charge in [-0.1, -0.05) is 10.4 Å². The lowest BCUT2D eigenvalue weighted by Crippen LogP contribution is -2.51. The minimum absolute atomic E-state index is 0.0954. The highest BCUT2D eigenvalue weighted by Crippen LogP contribution is 2.18. The SMILES string of the molecule is C[SiH](CCCn1cc(CNC(=O)C(O)C(O)C(O)C(O)CO)nn1)O[Si](C)(C)CCCn1cc(CNC(=O)C(O)C(O)C(O)C(O)CO)nn1. The predicted octanol–water partition coefficient (Wildman–Crippen LogP) is -5.97. The number of nitrogens with zero attached hydrogens (tertiary/aromatic N) is 6. The number of aryl methyl sites for hydroxylation is 2. The Kier molecular flexibility index (Phi) is 18.1. The zero-order valence-electron chi connectivity index (χ0n) is 28.3. The number of aliphatic hydroxyl groups excluding tert-OH is 10. The van der Waals surface area contributed by atoms with Crippen LogP contribution in [0, 0.1) is 0 Å². The van der Waals surface area contributed by atoms with Crippen molar-refractivity contribution in [2.45, 2.75) is 120 Å². The molecule has 0 fully saturated rings. The van der Waals surface area contributed by atoms with Gasteiger partial charge in [-0.05, 0) is 44.6 Å². The molecule has 0 spiro atoms. The Morgan fingerprint density at radius 1 is 0.760 bits per heavy atom. The summed E-state index contributed by atoms with van der Waals surface area (Å²) in [5, 5.41) is 116. The Morgan fingerprint density at radius 3 is 1.60 bits per heavy atom. The number of rotatable bonds is 24. The third-order valence-electron chi connectivity index (χ3n) is 7.79. The number of amides is 2. The molecule has 23 heteroatoms. The summed E-state index contributed by atoms with van der Waals surface area (Å²) in [6.45, 7) is 5.66. The summed E-state index contributed by atoms with van der Waals surface area (Å²) < 4.78 is 9.77. The van der Waals surface area contributed by atoms with E-state index in [2.05, 4.69) is 50.9 Å². The Hall–Kier alpha value is -2.79. The van der Waals surface area contributed by atoms with Crippen molar-refractivity contribution in [2.75, 3.05) is 13.2 Å². The van der Waals surface area contributed by atoms with Gasteiger partial charge in [-0.15, -0.1) is 10.2 Å². The van der Waals surface area contributed by atoms with Gasteiger partial charge >= 0.3 is 0 Å². The number of carbonyl (C=O) groups excluding carboxylic acids is 2. The second kappa shape index (κ2) is 20.9. The van der Waals surface area contributed by atoms with Crippen LogP contribution in [0.5, 0.6) is 0 Å². The van der Waals surface area contributed by atoms with Crippen LogP contribution in [0.2, 0.25) is 31.7 Å². The lowest BCUT2D eigenvalue weighted by molar-refractivity contribution is -0.149. The van der Waals surface area contributed by atoms with E-state index in [9.17, 15) is 50.4 Å². The fourth-order valence-corrected chi connectivity index (χ4v) is 11.9. The first-order valence-corrected chi connectivity index (χ1v) is 21.7. The number of carbonyl (C=O) groups is 2. The van der Waals surface area contributed by atoms with Crippen molar-refractivity contribution < 1.29 is 64.8 Å². The van der Waals surface area contributed by atoms with Gasteiger partial charge in [0.05, 0.1) is 38.7 Å². The van der Waals surface area contributed by atoms with Gasteiger partial charge in [0.15, 0.2) is 29.6 Å². The molecule has 2 heterocycles. The maximum atomic E-state index is 12.1. The molecule has 0 saturated carbocycles. The smallest absolute Gasteiger partial charge is 0.251 e. The van der Waals surface area contributed by atoms with Crippen molar-refractivity contribution >= 4 is 29.2 Å². The molecule has 286 valence electrons. The van der Waals surface area contributed by atoms with Crippen LogP contribution < -0.4 is 10.6 Å². The van der Waals surface area contributed by atoms with Crippen molar-refractivity contribution in [3.05, 3.63) is 23.8 Å². The molecule has 21 nitrogen and oxygen atoms in total. The maximum absolute atomic E-state index is 12.1. The van der Waals surface area contributed by atoms with E-state index in [4.69, 9.17) is 14.3 Å².